The number of halogens is 2. The van der Waals surface area contributed by atoms with E-state index in [2.05, 4.69) is 31.7 Å². The van der Waals surface area contributed by atoms with E-state index in [-0.39, 0.29) is 29.5 Å². The number of nitrogens with one attached hydrogen (secondary N) is 1. The van der Waals surface area contributed by atoms with Crippen molar-refractivity contribution in [2.45, 2.75) is 37.8 Å². The van der Waals surface area contributed by atoms with Gasteiger partial charge in [0.15, 0.2) is 5.96 Å². The van der Waals surface area contributed by atoms with Gasteiger partial charge < -0.3 is 19.5 Å². The number of guanidine groups is 1. The number of aromatic nitrogens is 1. The molecule has 2 aliphatic rings. The summed E-state index contributed by atoms with van der Waals surface area (Å²) in [6.45, 7) is 5.81. The fourth-order valence-electron chi connectivity index (χ4n) is 4.22. The Balaban J connectivity index is 0.00000261. The van der Waals surface area contributed by atoms with Crippen LogP contribution in [0, 0.1) is 0 Å². The van der Waals surface area contributed by atoms with Gasteiger partial charge in [0, 0.05) is 58.3 Å². The highest BCUT2D eigenvalue weighted by Crippen LogP contribution is 2.30. The standard InChI is InChI=1S/C19H32ClN5O.HI/c1-21-18(24(3)14-17-12-16(20)13-23(17)2)22-15-19(6-10-26-11-7-19)25-8-4-5-9-25;/h12-13H,4-11,14-15H2,1-3H3,(H,21,22);1H. The molecule has 2 aliphatic heterocycles. The van der Waals surface area contributed by atoms with Gasteiger partial charge in [0.25, 0.3) is 0 Å². The third kappa shape index (κ3) is 5.52. The van der Waals surface area contributed by atoms with E-state index in [0.29, 0.717) is 0 Å². The van der Waals surface area contributed by atoms with E-state index < -0.39 is 0 Å². The molecule has 6 nitrogen and oxygen atoms in total. The minimum atomic E-state index is 0. The molecule has 27 heavy (non-hydrogen) atoms. The monoisotopic (exact) mass is 509 g/mol. The van der Waals surface area contributed by atoms with E-state index in [0.717, 1.165) is 50.1 Å². The van der Waals surface area contributed by atoms with Crippen LogP contribution in [0.4, 0.5) is 0 Å². The van der Waals surface area contributed by atoms with Crippen LogP contribution < -0.4 is 5.32 Å². The average Bonchev–Trinajstić information content (AvgIpc) is 3.27. The van der Waals surface area contributed by atoms with Gasteiger partial charge in [-0.2, -0.15) is 0 Å². The highest BCUT2D eigenvalue weighted by atomic mass is 127. The molecule has 1 aromatic heterocycles. The molecule has 0 saturated carbocycles. The van der Waals surface area contributed by atoms with E-state index in [9.17, 15) is 0 Å². The molecule has 0 aliphatic carbocycles. The maximum atomic E-state index is 6.11. The lowest BCUT2D eigenvalue weighted by Gasteiger charge is -2.45. The zero-order chi connectivity index (χ0) is 18.6. The molecular weight excluding hydrogens is 477 g/mol. The molecule has 3 rings (SSSR count). The first-order valence-corrected chi connectivity index (χ1v) is 9.97. The number of ether oxygens (including phenoxy) is 1. The predicted octanol–water partition coefficient (Wildman–Crippen LogP) is 2.95. The van der Waals surface area contributed by atoms with Crippen molar-refractivity contribution in [3.8, 4) is 0 Å². The lowest BCUT2D eigenvalue weighted by Crippen LogP contribution is -2.58. The first-order chi connectivity index (χ1) is 12.5. The van der Waals surface area contributed by atoms with E-state index in [4.69, 9.17) is 16.3 Å². The second-order valence-corrected chi connectivity index (χ2v) is 7.98. The van der Waals surface area contributed by atoms with Crippen molar-refractivity contribution < 1.29 is 4.74 Å². The maximum Gasteiger partial charge on any atom is 0.193 e. The summed E-state index contributed by atoms with van der Waals surface area (Å²) in [5.74, 6) is 0.924. The van der Waals surface area contributed by atoms with E-state index >= 15 is 0 Å². The predicted molar refractivity (Wildman–Crippen MR) is 122 cm³/mol. The summed E-state index contributed by atoms with van der Waals surface area (Å²) in [5.41, 5.74) is 1.36. The molecule has 0 spiro atoms. The first kappa shape index (κ1) is 22.8. The molecule has 1 N–H and O–H groups in total. The van der Waals surface area contributed by atoms with Gasteiger partial charge in [-0.1, -0.05) is 11.6 Å². The van der Waals surface area contributed by atoms with Gasteiger partial charge in [-0.05, 0) is 44.8 Å². The van der Waals surface area contributed by atoms with Gasteiger partial charge in [-0.3, -0.25) is 9.89 Å². The summed E-state index contributed by atoms with van der Waals surface area (Å²) in [4.78, 5) is 9.33. The van der Waals surface area contributed by atoms with Crippen LogP contribution in [0.1, 0.15) is 31.4 Å². The molecule has 0 amide bonds. The molecule has 2 fully saturated rings. The Morgan fingerprint density at radius 2 is 2.00 bits per heavy atom. The minimum absolute atomic E-state index is 0. The Bertz CT molecular complexity index is 624. The number of likely N-dealkylation sites (tertiary alicyclic amines) is 1. The number of aliphatic imine (C=N–C) groups is 1. The fraction of sp³-hybridized carbons (Fsp3) is 0.737. The molecule has 2 saturated heterocycles. The highest BCUT2D eigenvalue weighted by molar-refractivity contribution is 14.0. The highest BCUT2D eigenvalue weighted by Gasteiger charge is 2.39. The van der Waals surface area contributed by atoms with Crippen LogP contribution in [0.15, 0.2) is 17.3 Å². The summed E-state index contributed by atoms with van der Waals surface area (Å²) in [5, 5.41) is 4.41. The summed E-state index contributed by atoms with van der Waals surface area (Å²) in [6.07, 6.45) is 6.74. The Morgan fingerprint density at radius 3 is 2.56 bits per heavy atom. The van der Waals surface area contributed by atoms with Crippen LogP contribution in [0.25, 0.3) is 0 Å². The topological polar surface area (TPSA) is 45.0 Å². The Labute approximate surface area is 185 Å². The molecule has 0 aromatic carbocycles. The molecule has 0 unspecified atom stereocenters. The summed E-state index contributed by atoms with van der Waals surface area (Å²) in [7, 11) is 5.95. The van der Waals surface area contributed by atoms with Gasteiger partial charge >= 0.3 is 0 Å². The molecule has 0 atom stereocenters. The van der Waals surface area contributed by atoms with Crippen molar-refractivity contribution in [1.29, 1.82) is 0 Å². The Hall–Kier alpha value is -0.510. The smallest absolute Gasteiger partial charge is 0.193 e. The van der Waals surface area contributed by atoms with Gasteiger partial charge in [-0.25, -0.2) is 0 Å². The molecule has 8 heteroatoms. The van der Waals surface area contributed by atoms with E-state index in [1.54, 1.807) is 0 Å². The van der Waals surface area contributed by atoms with Crippen LogP contribution in [0.3, 0.4) is 0 Å². The van der Waals surface area contributed by atoms with Crippen molar-refractivity contribution in [1.82, 2.24) is 19.7 Å². The quantitative estimate of drug-likeness (QED) is 0.377. The Morgan fingerprint density at radius 1 is 1.33 bits per heavy atom. The summed E-state index contributed by atoms with van der Waals surface area (Å²) in [6, 6.07) is 2.01. The second kappa shape index (κ2) is 10.3. The zero-order valence-corrected chi connectivity index (χ0v) is 19.8. The molecule has 0 radical (unpaired) electrons. The van der Waals surface area contributed by atoms with Crippen LogP contribution in [0.2, 0.25) is 5.02 Å². The van der Waals surface area contributed by atoms with E-state index in [1.807, 2.05) is 26.4 Å². The third-order valence-corrected chi connectivity index (χ3v) is 6.03. The number of hydrogen-bond acceptors (Lipinski definition) is 3. The van der Waals surface area contributed by atoms with Crippen LogP contribution >= 0.6 is 35.6 Å². The molecular formula is C19H33ClIN5O. The molecule has 1 aromatic rings. The van der Waals surface area contributed by atoms with Crippen molar-refractivity contribution in [2.75, 3.05) is 46.9 Å². The summed E-state index contributed by atoms with van der Waals surface area (Å²) >= 11 is 6.11. The summed E-state index contributed by atoms with van der Waals surface area (Å²) < 4.78 is 7.71. The van der Waals surface area contributed by atoms with Crippen LogP contribution in [-0.2, 0) is 18.3 Å². The SMILES string of the molecule is CN=C(NCC1(N2CCCC2)CCOCC1)N(C)Cc1cc(Cl)cn1C.I. The number of aryl methyl sites for hydroxylation is 1. The van der Waals surface area contributed by atoms with Crippen molar-refractivity contribution >= 4 is 41.5 Å². The second-order valence-electron chi connectivity index (χ2n) is 7.55. The van der Waals surface area contributed by atoms with Gasteiger partial charge in [-0.15, -0.1) is 24.0 Å². The fourth-order valence-corrected chi connectivity index (χ4v) is 4.49. The zero-order valence-electron chi connectivity index (χ0n) is 16.7. The van der Waals surface area contributed by atoms with Gasteiger partial charge in [0.05, 0.1) is 11.6 Å². The normalized spacial score (nSPS) is 20.4. The Kier molecular flexibility index (Phi) is 8.70. The average molecular weight is 510 g/mol. The van der Waals surface area contributed by atoms with E-state index in [1.165, 1.54) is 31.6 Å². The van der Waals surface area contributed by atoms with Gasteiger partial charge in [0.1, 0.15) is 0 Å². The lowest BCUT2D eigenvalue weighted by atomic mass is 9.88. The largest absolute Gasteiger partial charge is 0.381 e. The minimum Gasteiger partial charge on any atom is -0.381 e. The van der Waals surface area contributed by atoms with Crippen molar-refractivity contribution in [2.24, 2.45) is 12.0 Å². The molecule has 0 bridgehead atoms. The molecule has 3 heterocycles. The number of hydrogen-bond donors (Lipinski definition) is 1. The third-order valence-electron chi connectivity index (χ3n) is 5.82. The first-order valence-electron chi connectivity index (χ1n) is 9.59. The maximum absolute atomic E-state index is 6.11. The number of rotatable bonds is 5. The van der Waals surface area contributed by atoms with Crippen molar-refractivity contribution in [3.63, 3.8) is 0 Å². The van der Waals surface area contributed by atoms with Crippen molar-refractivity contribution in [3.05, 3.63) is 23.0 Å². The van der Waals surface area contributed by atoms with Crippen LogP contribution in [0.5, 0.6) is 0 Å². The number of nitrogens with zero attached hydrogens (tertiary/aromatic N) is 4. The van der Waals surface area contributed by atoms with Gasteiger partial charge in [0.2, 0.25) is 0 Å². The lowest BCUT2D eigenvalue weighted by molar-refractivity contribution is -0.0166. The van der Waals surface area contributed by atoms with Crippen LogP contribution in [-0.4, -0.2) is 72.8 Å². The molecule has 154 valence electrons.